The third-order valence-corrected chi connectivity index (χ3v) is 5.40. The maximum atomic E-state index is 12.1. The van der Waals surface area contributed by atoms with Gasteiger partial charge in [0.05, 0.1) is 19.6 Å². The Hall–Kier alpha value is -3.02. The summed E-state index contributed by atoms with van der Waals surface area (Å²) >= 11 is 0. The topological polar surface area (TPSA) is 64.8 Å². The van der Waals surface area contributed by atoms with Crippen molar-refractivity contribution < 1.29 is 18.7 Å². The van der Waals surface area contributed by atoms with Gasteiger partial charge in [-0.15, -0.1) is 0 Å². The van der Waals surface area contributed by atoms with E-state index in [1.54, 1.807) is 0 Å². The Labute approximate surface area is 184 Å². The summed E-state index contributed by atoms with van der Waals surface area (Å²) in [6, 6.07) is 16.3. The van der Waals surface area contributed by atoms with E-state index in [4.69, 9.17) is 13.9 Å². The van der Waals surface area contributed by atoms with Crippen LogP contribution in [0.15, 0.2) is 52.9 Å². The summed E-state index contributed by atoms with van der Waals surface area (Å²) in [4.78, 5) is 18.5. The van der Waals surface area contributed by atoms with E-state index in [9.17, 15) is 4.79 Å². The van der Waals surface area contributed by atoms with E-state index in [1.165, 1.54) is 7.11 Å². The van der Waals surface area contributed by atoms with E-state index in [0.29, 0.717) is 25.6 Å². The molecule has 3 rings (SSSR count). The van der Waals surface area contributed by atoms with E-state index in [2.05, 4.69) is 11.9 Å². The van der Waals surface area contributed by atoms with Gasteiger partial charge in [0.1, 0.15) is 17.9 Å². The first-order valence-corrected chi connectivity index (χ1v) is 11.0. The first-order chi connectivity index (χ1) is 15.1. The van der Waals surface area contributed by atoms with Crippen LogP contribution in [0, 0.1) is 5.92 Å². The lowest BCUT2D eigenvalue weighted by Gasteiger charge is -2.16. The smallest absolute Gasteiger partial charge is 0.308 e. The highest BCUT2D eigenvalue weighted by molar-refractivity contribution is 5.74. The van der Waals surface area contributed by atoms with Crippen molar-refractivity contribution in [1.29, 1.82) is 0 Å². The Morgan fingerprint density at radius 2 is 1.90 bits per heavy atom. The molecule has 0 radical (unpaired) electrons. The largest absolute Gasteiger partial charge is 0.492 e. The minimum atomic E-state index is -0.126. The number of benzene rings is 2. The number of hydrogen-bond donors (Lipinski definition) is 0. The van der Waals surface area contributed by atoms with Crippen LogP contribution in [0.2, 0.25) is 0 Å². The van der Waals surface area contributed by atoms with Crippen molar-refractivity contribution in [2.75, 3.05) is 32.2 Å². The molecule has 166 valence electrons. The molecule has 0 spiro atoms. The summed E-state index contributed by atoms with van der Waals surface area (Å²) in [5.74, 6) is 0.585. The Kier molecular flexibility index (Phi) is 8.33. The maximum absolute atomic E-state index is 12.1. The minimum Gasteiger partial charge on any atom is -0.492 e. The van der Waals surface area contributed by atoms with Crippen LogP contribution < -0.4 is 9.64 Å². The molecular weight excluding hydrogens is 392 g/mol. The van der Waals surface area contributed by atoms with Crippen LogP contribution >= 0.6 is 0 Å². The summed E-state index contributed by atoms with van der Waals surface area (Å²) in [6.07, 6.45) is 4.88. The Balaban J connectivity index is 1.48. The van der Waals surface area contributed by atoms with E-state index in [0.717, 1.165) is 48.1 Å². The molecule has 1 unspecified atom stereocenters. The first kappa shape index (κ1) is 22.7. The zero-order chi connectivity index (χ0) is 22.1. The summed E-state index contributed by atoms with van der Waals surface area (Å²) in [5, 5.41) is 0. The lowest BCUT2D eigenvalue weighted by atomic mass is 9.94. The molecule has 31 heavy (non-hydrogen) atoms. The molecule has 0 aliphatic heterocycles. The number of carbonyl (C=O) groups excluding carboxylic acids is 1. The fourth-order valence-electron chi connectivity index (χ4n) is 3.54. The normalized spacial score (nSPS) is 12.0. The van der Waals surface area contributed by atoms with Crippen LogP contribution in [0.25, 0.3) is 11.1 Å². The van der Waals surface area contributed by atoms with Gasteiger partial charge in [-0.05, 0) is 42.7 Å². The molecule has 1 aromatic heterocycles. The van der Waals surface area contributed by atoms with Gasteiger partial charge in [0.2, 0.25) is 0 Å². The maximum Gasteiger partial charge on any atom is 0.308 e. The van der Waals surface area contributed by atoms with Crippen LogP contribution in [0.1, 0.15) is 38.2 Å². The molecule has 6 nitrogen and oxygen atoms in total. The van der Waals surface area contributed by atoms with Crippen LogP contribution in [0.5, 0.6) is 5.75 Å². The first-order valence-electron chi connectivity index (χ1n) is 11.0. The second-order valence-corrected chi connectivity index (χ2v) is 7.80. The molecule has 0 amide bonds. The highest BCUT2D eigenvalue weighted by atomic mass is 16.5. The molecule has 0 aliphatic rings. The molecule has 0 aliphatic carbocycles. The third-order valence-electron chi connectivity index (χ3n) is 5.40. The molecule has 0 saturated carbocycles. The molecule has 1 heterocycles. The summed E-state index contributed by atoms with van der Waals surface area (Å²) < 4.78 is 16.6. The number of fused-ring (bicyclic) bond motifs is 1. The van der Waals surface area contributed by atoms with Gasteiger partial charge in [0.25, 0.3) is 6.01 Å². The van der Waals surface area contributed by atoms with Gasteiger partial charge >= 0.3 is 5.97 Å². The summed E-state index contributed by atoms with van der Waals surface area (Å²) in [6.45, 7) is 3.32. The summed E-state index contributed by atoms with van der Waals surface area (Å²) in [7, 11) is 3.40. The zero-order valence-electron chi connectivity index (χ0n) is 18.7. The number of hydrogen-bond acceptors (Lipinski definition) is 6. The summed E-state index contributed by atoms with van der Waals surface area (Å²) in [5.41, 5.74) is 2.74. The van der Waals surface area contributed by atoms with Gasteiger partial charge in [0.15, 0.2) is 5.58 Å². The predicted octanol–water partition coefficient (Wildman–Crippen LogP) is 5.26. The molecule has 3 aromatic rings. The number of ether oxygens (including phenoxy) is 2. The van der Waals surface area contributed by atoms with E-state index in [-0.39, 0.29) is 11.9 Å². The van der Waals surface area contributed by atoms with Gasteiger partial charge < -0.3 is 18.8 Å². The van der Waals surface area contributed by atoms with E-state index >= 15 is 0 Å². The molecule has 6 heteroatoms. The number of likely N-dealkylation sites (N-methyl/N-ethyl adjacent to an activating group) is 1. The third kappa shape index (κ3) is 6.48. The molecule has 0 saturated heterocycles. The van der Waals surface area contributed by atoms with Crippen molar-refractivity contribution in [3.63, 3.8) is 0 Å². The monoisotopic (exact) mass is 424 g/mol. The second kappa shape index (κ2) is 11.4. The van der Waals surface area contributed by atoms with Crippen molar-refractivity contribution in [2.45, 2.75) is 39.0 Å². The van der Waals surface area contributed by atoms with Gasteiger partial charge in [0, 0.05) is 7.05 Å². The van der Waals surface area contributed by atoms with Crippen LogP contribution in [-0.2, 0) is 16.0 Å². The predicted molar refractivity (Wildman–Crippen MR) is 123 cm³/mol. The van der Waals surface area contributed by atoms with Crippen molar-refractivity contribution in [2.24, 2.45) is 5.92 Å². The van der Waals surface area contributed by atoms with Gasteiger partial charge in [-0.1, -0.05) is 50.5 Å². The van der Waals surface area contributed by atoms with Crippen LogP contribution in [0.3, 0.4) is 0 Å². The molecule has 1 atom stereocenters. The average molecular weight is 425 g/mol. The molecule has 0 N–H and O–H groups in total. The standard InChI is InChI=1S/C25H32N2O4/c1-4-5-6-9-20(24(28)29-3)18-19-12-14-21(15-13-19)30-17-16-27(2)25-26-22-10-7-8-11-23(22)31-25/h7-8,10-15,20H,4-6,9,16-18H2,1-3H3. The van der Waals surface area contributed by atoms with Crippen molar-refractivity contribution in [1.82, 2.24) is 4.98 Å². The molecule has 2 aromatic carbocycles. The van der Waals surface area contributed by atoms with E-state index < -0.39 is 0 Å². The van der Waals surface area contributed by atoms with Crippen LogP contribution in [0.4, 0.5) is 6.01 Å². The number of oxazole rings is 1. The number of carbonyl (C=O) groups is 1. The molecule has 0 bridgehead atoms. The fraction of sp³-hybridized carbons (Fsp3) is 0.440. The highest BCUT2D eigenvalue weighted by Gasteiger charge is 2.19. The van der Waals surface area contributed by atoms with Gasteiger partial charge in [-0.25, -0.2) is 0 Å². The average Bonchev–Trinajstić information content (AvgIpc) is 3.23. The number of unbranched alkanes of at least 4 members (excludes halogenated alkanes) is 2. The lowest BCUT2D eigenvalue weighted by molar-refractivity contribution is -0.145. The quantitative estimate of drug-likeness (QED) is 0.292. The van der Waals surface area contributed by atoms with E-state index in [1.807, 2.05) is 60.5 Å². The Morgan fingerprint density at radius 3 is 2.61 bits per heavy atom. The minimum absolute atomic E-state index is 0.0896. The lowest BCUT2D eigenvalue weighted by Crippen LogP contribution is -2.24. The van der Waals surface area contributed by atoms with Crippen molar-refractivity contribution >= 4 is 23.1 Å². The molecule has 0 fully saturated rings. The Bertz CT molecular complexity index is 919. The number of anilines is 1. The number of aromatic nitrogens is 1. The number of para-hydroxylation sites is 2. The zero-order valence-corrected chi connectivity index (χ0v) is 18.7. The number of nitrogens with zero attached hydrogens (tertiary/aromatic N) is 2. The van der Waals surface area contributed by atoms with Crippen LogP contribution in [-0.4, -0.2) is 38.3 Å². The van der Waals surface area contributed by atoms with Gasteiger partial charge in [-0.2, -0.15) is 4.98 Å². The number of methoxy groups -OCH3 is 1. The van der Waals surface area contributed by atoms with Gasteiger partial charge in [-0.3, -0.25) is 4.79 Å². The SMILES string of the molecule is CCCCCC(Cc1ccc(OCCN(C)c2nc3ccccc3o2)cc1)C(=O)OC. The Morgan fingerprint density at radius 1 is 1.13 bits per heavy atom. The van der Waals surface area contributed by atoms with Crippen molar-refractivity contribution in [3.8, 4) is 5.75 Å². The fourth-order valence-corrected chi connectivity index (χ4v) is 3.54. The number of esters is 1. The number of rotatable bonds is 12. The van der Waals surface area contributed by atoms with Crippen molar-refractivity contribution in [3.05, 3.63) is 54.1 Å². The highest BCUT2D eigenvalue weighted by Crippen LogP contribution is 2.22. The molecular formula is C25H32N2O4. The second-order valence-electron chi connectivity index (χ2n) is 7.80.